The number of likely N-dealkylation sites (N-methyl/N-ethyl adjacent to an activating group) is 1. The van der Waals surface area contributed by atoms with Crippen molar-refractivity contribution in [2.45, 2.75) is 12.8 Å². The van der Waals surface area contributed by atoms with Crippen LogP contribution in [0, 0.1) is 11.8 Å². The summed E-state index contributed by atoms with van der Waals surface area (Å²) in [6, 6.07) is 1.89. The molecule has 3 heterocycles. The van der Waals surface area contributed by atoms with Gasteiger partial charge in [0.15, 0.2) is 0 Å². The summed E-state index contributed by atoms with van der Waals surface area (Å²) in [6.07, 6.45) is 5.40. The van der Waals surface area contributed by atoms with Gasteiger partial charge in [0.1, 0.15) is 6.54 Å². The van der Waals surface area contributed by atoms with E-state index in [0.29, 0.717) is 30.6 Å². The first-order valence-electron chi connectivity index (χ1n) is 10.2. The molecule has 0 saturated carbocycles. The number of carbonyl (C=O) groups excluding carboxylic acids is 2. The van der Waals surface area contributed by atoms with Gasteiger partial charge in [-0.15, -0.1) is 0 Å². The van der Waals surface area contributed by atoms with Crippen LogP contribution < -0.4 is 0 Å². The first kappa shape index (κ1) is 21.7. The largest absolute Gasteiger partial charge is 0.468 e. The molecule has 29 heavy (non-hydrogen) atoms. The minimum atomic E-state index is -0.444. The molecule has 1 aromatic rings. The van der Waals surface area contributed by atoms with Gasteiger partial charge in [0.2, 0.25) is 0 Å². The summed E-state index contributed by atoms with van der Waals surface area (Å²) < 4.78 is 15.8. The second kappa shape index (κ2) is 10.7. The summed E-state index contributed by atoms with van der Waals surface area (Å²) in [5.41, 5.74) is 1.55. The summed E-state index contributed by atoms with van der Waals surface area (Å²) in [5, 5.41) is 0. The van der Waals surface area contributed by atoms with Crippen molar-refractivity contribution >= 4 is 11.9 Å². The maximum atomic E-state index is 12.5. The Morgan fingerprint density at radius 3 is 2.72 bits per heavy atom. The van der Waals surface area contributed by atoms with E-state index in [1.165, 1.54) is 12.0 Å². The van der Waals surface area contributed by atoms with Gasteiger partial charge in [0.05, 0.1) is 39.1 Å². The van der Waals surface area contributed by atoms with Crippen LogP contribution in [0.15, 0.2) is 18.5 Å². The molecule has 0 spiro atoms. The van der Waals surface area contributed by atoms with E-state index in [-0.39, 0.29) is 12.5 Å². The van der Waals surface area contributed by atoms with Gasteiger partial charge in [-0.3, -0.25) is 14.6 Å². The molecule has 0 aromatic carbocycles. The molecule has 0 aliphatic carbocycles. The zero-order valence-electron chi connectivity index (χ0n) is 17.3. The Bertz CT molecular complexity index is 691. The lowest BCUT2D eigenvalue weighted by atomic mass is 9.99. The van der Waals surface area contributed by atoms with Crippen LogP contribution in [0.2, 0.25) is 0 Å². The molecule has 1 amide bonds. The second-order valence-electron chi connectivity index (χ2n) is 7.95. The lowest BCUT2D eigenvalue weighted by molar-refractivity contribution is -0.141. The number of esters is 1. The van der Waals surface area contributed by atoms with E-state index >= 15 is 0 Å². The fourth-order valence-electron chi connectivity index (χ4n) is 3.98. The van der Waals surface area contributed by atoms with Gasteiger partial charge in [0, 0.05) is 38.4 Å². The fraction of sp³-hybridized carbons (Fsp3) is 0.667. The van der Waals surface area contributed by atoms with E-state index in [4.69, 9.17) is 9.47 Å². The topological polar surface area (TPSA) is 81.2 Å². The zero-order valence-corrected chi connectivity index (χ0v) is 17.3. The first-order valence-corrected chi connectivity index (χ1v) is 10.2. The number of nitrogens with zero attached hydrogens (tertiary/aromatic N) is 3. The van der Waals surface area contributed by atoms with Crippen LogP contribution in [0.1, 0.15) is 22.3 Å². The molecule has 2 fully saturated rings. The van der Waals surface area contributed by atoms with Gasteiger partial charge in [-0.05, 0) is 36.9 Å². The number of hydrogen-bond acceptors (Lipinski definition) is 7. The lowest BCUT2D eigenvalue weighted by Crippen LogP contribution is -2.32. The highest BCUT2D eigenvalue weighted by Crippen LogP contribution is 2.22. The molecule has 1 unspecified atom stereocenters. The molecule has 3 rings (SSSR count). The molecule has 1 aromatic heterocycles. The van der Waals surface area contributed by atoms with Crippen LogP contribution >= 0.6 is 0 Å². The maximum absolute atomic E-state index is 12.5. The number of likely N-dealkylation sites (tertiary alicyclic amines) is 1. The number of aromatic nitrogens is 1. The van der Waals surface area contributed by atoms with Gasteiger partial charge in [-0.1, -0.05) is 0 Å². The van der Waals surface area contributed by atoms with E-state index < -0.39 is 5.97 Å². The number of methoxy groups -OCH3 is 1. The Morgan fingerprint density at radius 2 is 2.00 bits per heavy atom. The molecule has 2 aliphatic heterocycles. The highest BCUT2D eigenvalue weighted by Gasteiger charge is 2.26. The Labute approximate surface area is 172 Å². The van der Waals surface area contributed by atoms with Crippen LogP contribution in [-0.4, -0.2) is 93.4 Å². The molecular weight excluding hydrogens is 374 g/mol. The summed E-state index contributed by atoms with van der Waals surface area (Å²) in [4.78, 5) is 32.0. The number of pyridine rings is 1. The van der Waals surface area contributed by atoms with Crippen molar-refractivity contribution < 1.29 is 23.8 Å². The number of ether oxygens (including phenoxy) is 3. The molecule has 0 N–H and O–H groups in total. The first-order chi connectivity index (χ1) is 14.0. The Balaban J connectivity index is 1.51. The van der Waals surface area contributed by atoms with Crippen molar-refractivity contribution in [3.8, 4) is 0 Å². The third-order valence-corrected chi connectivity index (χ3v) is 5.47. The van der Waals surface area contributed by atoms with E-state index in [1.54, 1.807) is 13.2 Å². The fourth-order valence-corrected chi connectivity index (χ4v) is 3.98. The van der Waals surface area contributed by atoms with E-state index in [0.717, 1.165) is 51.3 Å². The van der Waals surface area contributed by atoms with Gasteiger partial charge in [0.25, 0.3) is 5.91 Å². The Morgan fingerprint density at radius 1 is 1.24 bits per heavy atom. The minimum Gasteiger partial charge on any atom is -0.468 e. The van der Waals surface area contributed by atoms with Crippen molar-refractivity contribution in [1.29, 1.82) is 0 Å². The van der Waals surface area contributed by atoms with Gasteiger partial charge < -0.3 is 24.0 Å². The van der Waals surface area contributed by atoms with Crippen molar-refractivity contribution in [1.82, 2.24) is 14.8 Å². The maximum Gasteiger partial charge on any atom is 0.325 e. The standard InChI is InChI=1S/C21H31N3O5/c1-23(13-20(25)27-2)21(26)19-8-17(9-22-10-19)7-16-3-4-24(11-16)12-18-14-28-5-6-29-15-18/h8-10,16,18H,3-7,11-15H2,1-2H3. The number of carbonyl (C=O) groups is 2. The normalized spacial score (nSPS) is 21.0. The highest BCUT2D eigenvalue weighted by molar-refractivity contribution is 5.95. The van der Waals surface area contributed by atoms with E-state index in [1.807, 2.05) is 12.3 Å². The van der Waals surface area contributed by atoms with Crippen LogP contribution in [0.25, 0.3) is 0 Å². The number of amides is 1. The molecule has 2 saturated heterocycles. The van der Waals surface area contributed by atoms with Gasteiger partial charge in [-0.25, -0.2) is 0 Å². The van der Waals surface area contributed by atoms with Gasteiger partial charge in [-0.2, -0.15) is 0 Å². The molecule has 2 aliphatic rings. The number of hydrogen-bond donors (Lipinski definition) is 0. The second-order valence-corrected chi connectivity index (χ2v) is 7.95. The summed E-state index contributed by atoms with van der Waals surface area (Å²) in [7, 11) is 2.89. The third kappa shape index (κ3) is 6.48. The molecule has 0 radical (unpaired) electrons. The monoisotopic (exact) mass is 405 g/mol. The number of rotatable bonds is 7. The van der Waals surface area contributed by atoms with Crippen LogP contribution in [0.3, 0.4) is 0 Å². The van der Waals surface area contributed by atoms with E-state index in [9.17, 15) is 9.59 Å². The van der Waals surface area contributed by atoms with Crippen LogP contribution in [-0.2, 0) is 25.4 Å². The van der Waals surface area contributed by atoms with Crippen molar-refractivity contribution in [2.24, 2.45) is 11.8 Å². The van der Waals surface area contributed by atoms with Gasteiger partial charge >= 0.3 is 5.97 Å². The Kier molecular flexibility index (Phi) is 7.97. The lowest BCUT2D eigenvalue weighted by Gasteiger charge is -2.22. The smallest absolute Gasteiger partial charge is 0.325 e. The van der Waals surface area contributed by atoms with Crippen molar-refractivity contribution in [3.63, 3.8) is 0 Å². The van der Waals surface area contributed by atoms with Crippen molar-refractivity contribution in [2.75, 3.05) is 66.8 Å². The Hall–Kier alpha value is -2.03. The third-order valence-electron chi connectivity index (χ3n) is 5.47. The van der Waals surface area contributed by atoms with Crippen molar-refractivity contribution in [3.05, 3.63) is 29.6 Å². The molecule has 0 bridgehead atoms. The molecule has 1 atom stereocenters. The van der Waals surface area contributed by atoms with E-state index in [2.05, 4.69) is 14.6 Å². The SMILES string of the molecule is COC(=O)CN(C)C(=O)c1cncc(CC2CCN(CC3COCCOC3)C2)c1. The highest BCUT2D eigenvalue weighted by atomic mass is 16.5. The van der Waals surface area contributed by atoms with Crippen LogP contribution in [0.5, 0.6) is 0 Å². The summed E-state index contributed by atoms with van der Waals surface area (Å²) in [5.74, 6) is 0.304. The molecular formula is C21H31N3O5. The average molecular weight is 405 g/mol. The minimum absolute atomic E-state index is 0.0776. The predicted molar refractivity (Wildman–Crippen MR) is 107 cm³/mol. The molecule has 8 nitrogen and oxygen atoms in total. The quantitative estimate of drug-likeness (QED) is 0.622. The van der Waals surface area contributed by atoms with Crippen LogP contribution in [0.4, 0.5) is 0 Å². The average Bonchev–Trinajstić information content (AvgIpc) is 2.99. The summed E-state index contributed by atoms with van der Waals surface area (Å²) >= 11 is 0. The molecule has 8 heteroatoms. The summed E-state index contributed by atoms with van der Waals surface area (Å²) in [6.45, 7) is 5.97. The zero-order chi connectivity index (χ0) is 20.6. The molecule has 160 valence electrons. The predicted octanol–water partition coefficient (Wildman–Crippen LogP) is 0.854.